The topological polar surface area (TPSA) is 34.4 Å². The maximum absolute atomic E-state index is 5.90. The van der Waals surface area contributed by atoms with Crippen LogP contribution in [-0.4, -0.2) is 13.7 Å². The van der Waals surface area contributed by atoms with E-state index in [9.17, 15) is 0 Å². The number of halogens is 1. The van der Waals surface area contributed by atoms with E-state index >= 15 is 0 Å². The summed E-state index contributed by atoms with van der Waals surface area (Å²) in [5, 5.41) is 3.47. The maximum atomic E-state index is 5.90. The minimum Gasteiger partial charge on any atom is -0.497 e. The first-order chi connectivity index (χ1) is 9.69. The number of rotatable bonds is 6. The van der Waals surface area contributed by atoms with Crippen molar-refractivity contribution in [2.75, 3.05) is 13.7 Å². The first-order valence-electron chi connectivity index (χ1n) is 6.85. The van der Waals surface area contributed by atoms with E-state index in [1.54, 1.807) is 7.11 Å². The summed E-state index contributed by atoms with van der Waals surface area (Å²) < 4.78 is 12.2. The van der Waals surface area contributed by atoms with E-state index in [1.807, 2.05) is 24.3 Å². The van der Waals surface area contributed by atoms with Gasteiger partial charge in [-0.1, -0.05) is 35.8 Å². The molecule has 4 heteroatoms. The van der Waals surface area contributed by atoms with Crippen LogP contribution in [0.4, 0.5) is 0 Å². The number of hydrogen-bond donors (Lipinski definition) is 1. The molecule has 0 radical (unpaired) electrons. The Labute approximate surface area is 128 Å². The summed E-state index contributed by atoms with van der Waals surface area (Å²) in [6.07, 6.45) is 0.905. The standard InChI is InChI=1S/C16H20BrNO2/c1-4-11-7-9-15(20-11)16(18-5-2)13-8-6-12(19-3)10-14(13)17/h6-10,16,18H,4-5H2,1-3H3. The highest BCUT2D eigenvalue weighted by atomic mass is 79.9. The van der Waals surface area contributed by atoms with E-state index in [2.05, 4.69) is 41.2 Å². The van der Waals surface area contributed by atoms with Crippen molar-refractivity contribution >= 4 is 15.9 Å². The van der Waals surface area contributed by atoms with Gasteiger partial charge in [0.1, 0.15) is 17.3 Å². The van der Waals surface area contributed by atoms with Crippen LogP contribution in [0.5, 0.6) is 5.75 Å². The first kappa shape index (κ1) is 15.1. The molecule has 1 unspecified atom stereocenters. The molecule has 1 aromatic carbocycles. The minimum atomic E-state index is 0.0422. The summed E-state index contributed by atoms with van der Waals surface area (Å²) in [7, 11) is 1.67. The zero-order valence-electron chi connectivity index (χ0n) is 12.1. The van der Waals surface area contributed by atoms with E-state index < -0.39 is 0 Å². The van der Waals surface area contributed by atoms with E-state index in [4.69, 9.17) is 9.15 Å². The summed E-state index contributed by atoms with van der Waals surface area (Å²) in [4.78, 5) is 0. The molecule has 0 aliphatic carbocycles. The molecule has 20 heavy (non-hydrogen) atoms. The summed E-state index contributed by atoms with van der Waals surface area (Å²) in [6, 6.07) is 10.1. The Bertz CT molecular complexity index is 565. The molecule has 0 aliphatic heterocycles. The zero-order valence-corrected chi connectivity index (χ0v) is 13.7. The van der Waals surface area contributed by atoms with Gasteiger partial charge in [-0.15, -0.1) is 0 Å². The third kappa shape index (κ3) is 3.25. The first-order valence-corrected chi connectivity index (χ1v) is 7.64. The maximum Gasteiger partial charge on any atom is 0.125 e. The molecule has 0 saturated carbocycles. The summed E-state index contributed by atoms with van der Waals surface area (Å²) in [6.45, 7) is 5.05. The molecule has 1 aromatic heterocycles. The zero-order chi connectivity index (χ0) is 14.5. The van der Waals surface area contributed by atoms with Gasteiger partial charge in [-0.25, -0.2) is 0 Å². The van der Waals surface area contributed by atoms with Crippen LogP contribution in [0.15, 0.2) is 39.2 Å². The molecule has 0 amide bonds. The molecule has 108 valence electrons. The molecule has 3 nitrogen and oxygen atoms in total. The van der Waals surface area contributed by atoms with Crippen LogP contribution in [0.1, 0.15) is 37.0 Å². The van der Waals surface area contributed by atoms with Crippen molar-refractivity contribution < 1.29 is 9.15 Å². The predicted molar refractivity (Wildman–Crippen MR) is 84.3 cm³/mol. The fourth-order valence-corrected chi connectivity index (χ4v) is 2.76. The molecular weight excluding hydrogens is 318 g/mol. The molecule has 2 rings (SSSR count). The average molecular weight is 338 g/mol. The van der Waals surface area contributed by atoms with Crippen LogP contribution < -0.4 is 10.1 Å². The predicted octanol–water partition coefficient (Wildman–Crippen LogP) is 4.31. The van der Waals surface area contributed by atoms with Gasteiger partial charge in [0.2, 0.25) is 0 Å². The molecular formula is C16H20BrNO2. The van der Waals surface area contributed by atoms with Crippen LogP contribution in [0.25, 0.3) is 0 Å². The number of benzene rings is 1. The van der Waals surface area contributed by atoms with Crippen LogP contribution in [0, 0.1) is 0 Å². The number of hydrogen-bond acceptors (Lipinski definition) is 3. The number of ether oxygens (including phenoxy) is 1. The Morgan fingerprint density at radius 2 is 2.05 bits per heavy atom. The second-order valence-electron chi connectivity index (χ2n) is 4.54. The lowest BCUT2D eigenvalue weighted by molar-refractivity contribution is 0.412. The second kappa shape index (κ2) is 6.95. The Morgan fingerprint density at radius 3 is 2.60 bits per heavy atom. The fourth-order valence-electron chi connectivity index (χ4n) is 2.18. The highest BCUT2D eigenvalue weighted by Gasteiger charge is 2.19. The average Bonchev–Trinajstić information content (AvgIpc) is 2.94. The molecule has 0 fully saturated rings. The second-order valence-corrected chi connectivity index (χ2v) is 5.39. The van der Waals surface area contributed by atoms with Crippen molar-refractivity contribution in [3.63, 3.8) is 0 Å². The van der Waals surface area contributed by atoms with Crippen LogP contribution in [-0.2, 0) is 6.42 Å². The number of aryl methyl sites for hydroxylation is 1. The number of methoxy groups -OCH3 is 1. The Balaban J connectivity index is 2.37. The normalized spacial score (nSPS) is 12.4. The van der Waals surface area contributed by atoms with E-state index in [-0.39, 0.29) is 6.04 Å². The molecule has 1 atom stereocenters. The quantitative estimate of drug-likeness (QED) is 0.852. The summed E-state index contributed by atoms with van der Waals surface area (Å²) in [5.74, 6) is 2.78. The largest absolute Gasteiger partial charge is 0.497 e. The molecule has 2 aromatic rings. The SMILES string of the molecule is CCNC(c1ccc(CC)o1)c1ccc(OC)cc1Br. The van der Waals surface area contributed by atoms with E-state index in [1.165, 1.54) is 0 Å². The summed E-state index contributed by atoms with van der Waals surface area (Å²) >= 11 is 3.62. The minimum absolute atomic E-state index is 0.0422. The van der Waals surface area contributed by atoms with Crippen molar-refractivity contribution in [2.24, 2.45) is 0 Å². The molecule has 0 aliphatic rings. The van der Waals surface area contributed by atoms with Gasteiger partial charge in [0.05, 0.1) is 13.2 Å². The van der Waals surface area contributed by atoms with Gasteiger partial charge in [-0.05, 0) is 36.4 Å². The van der Waals surface area contributed by atoms with Gasteiger partial charge in [-0.2, -0.15) is 0 Å². The van der Waals surface area contributed by atoms with Gasteiger partial charge < -0.3 is 14.5 Å². The monoisotopic (exact) mass is 337 g/mol. The third-order valence-corrected chi connectivity index (χ3v) is 3.93. The lowest BCUT2D eigenvalue weighted by Crippen LogP contribution is -2.21. The Kier molecular flexibility index (Phi) is 5.26. The van der Waals surface area contributed by atoms with Crippen molar-refractivity contribution in [1.82, 2.24) is 5.32 Å². The van der Waals surface area contributed by atoms with Crippen molar-refractivity contribution in [1.29, 1.82) is 0 Å². The third-order valence-electron chi connectivity index (χ3n) is 3.24. The van der Waals surface area contributed by atoms with Crippen LogP contribution in [0.3, 0.4) is 0 Å². The van der Waals surface area contributed by atoms with E-state index in [0.29, 0.717) is 0 Å². The van der Waals surface area contributed by atoms with Crippen molar-refractivity contribution in [2.45, 2.75) is 26.3 Å². The smallest absolute Gasteiger partial charge is 0.125 e. The van der Waals surface area contributed by atoms with Gasteiger partial charge in [0, 0.05) is 10.9 Å². The fraction of sp³-hybridized carbons (Fsp3) is 0.375. The van der Waals surface area contributed by atoms with Gasteiger partial charge >= 0.3 is 0 Å². The number of nitrogens with one attached hydrogen (secondary N) is 1. The lowest BCUT2D eigenvalue weighted by Gasteiger charge is -2.18. The van der Waals surface area contributed by atoms with Crippen molar-refractivity contribution in [3.05, 3.63) is 51.9 Å². The van der Waals surface area contributed by atoms with E-state index in [0.717, 1.165) is 40.3 Å². The lowest BCUT2D eigenvalue weighted by atomic mass is 10.0. The number of furan rings is 1. The Morgan fingerprint density at radius 1 is 1.25 bits per heavy atom. The van der Waals surface area contributed by atoms with Gasteiger partial charge in [0.25, 0.3) is 0 Å². The van der Waals surface area contributed by atoms with Crippen LogP contribution >= 0.6 is 15.9 Å². The Hall–Kier alpha value is -1.26. The summed E-state index contributed by atoms with van der Waals surface area (Å²) in [5.41, 5.74) is 1.14. The van der Waals surface area contributed by atoms with Crippen LogP contribution in [0.2, 0.25) is 0 Å². The highest BCUT2D eigenvalue weighted by molar-refractivity contribution is 9.10. The van der Waals surface area contributed by atoms with Crippen molar-refractivity contribution in [3.8, 4) is 5.75 Å². The van der Waals surface area contributed by atoms with Gasteiger partial charge in [-0.3, -0.25) is 0 Å². The molecule has 0 saturated heterocycles. The molecule has 0 spiro atoms. The van der Waals surface area contributed by atoms with Gasteiger partial charge in [0.15, 0.2) is 0 Å². The molecule has 0 bridgehead atoms. The molecule has 1 heterocycles. The molecule has 1 N–H and O–H groups in total. The highest BCUT2D eigenvalue weighted by Crippen LogP contribution is 2.32.